The smallest absolute Gasteiger partial charge is 0.355 e. The van der Waals surface area contributed by atoms with E-state index in [1.807, 2.05) is 18.2 Å². The lowest BCUT2D eigenvalue weighted by Crippen LogP contribution is -2.41. The van der Waals surface area contributed by atoms with E-state index < -0.39 is 0 Å². The molecule has 0 bridgehead atoms. The second-order valence-corrected chi connectivity index (χ2v) is 10.4. The van der Waals surface area contributed by atoms with Crippen LogP contribution in [0.25, 0.3) is 5.65 Å². The van der Waals surface area contributed by atoms with Gasteiger partial charge in [0.25, 0.3) is 5.88 Å². The fourth-order valence-corrected chi connectivity index (χ4v) is 4.52. The highest BCUT2D eigenvalue weighted by Crippen LogP contribution is 2.40. The molecule has 0 spiro atoms. The van der Waals surface area contributed by atoms with Gasteiger partial charge in [0.15, 0.2) is 6.54 Å². The van der Waals surface area contributed by atoms with Gasteiger partial charge in [0, 0.05) is 36.3 Å². The number of methoxy groups -OCH3 is 1. The second kappa shape index (κ2) is 11.3. The van der Waals surface area contributed by atoms with Gasteiger partial charge in [-0.3, -0.25) is 4.79 Å². The van der Waals surface area contributed by atoms with Crippen LogP contribution in [0.3, 0.4) is 0 Å². The lowest BCUT2D eigenvalue weighted by Gasteiger charge is -2.33. The van der Waals surface area contributed by atoms with E-state index in [-0.39, 0.29) is 23.7 Å². The maximum atomic E-state index is 13.6. The standard InChI is InChI=1S/C27H39N6O4/c1-6-7-8-13-37-23-9-10-24-32(30-26(28)33(24)29-23)18-22(34)19-16-20(27(2,3)4)25(35-5)21(17-19)31-11-14-36-15-12-31/h9-10,16-17H,6-8,11-15,18H2,1-5H3,(H2,28,30)/q+1. The fraction of sp³-hybridized carbons (Fsp3) is 0.556. The molecule has 0 amide bonds. The predicted octanol–water partition coefficient (Wildman–Crippen LogP) is 3.19. The van der Waals surface area contributed by atoms with Gasteiger partial charge in [-0.05, 0) is 34.2 Å². The molecule has 1 aliphatic rings. The molecule has 10 heteroatoms. The molecular formula is C27H39N6O4+. The number of hydrogen-bond donors (Lipinski definition) is 1. The highest BCUT2D eigenvalue weighted by atomic mass is 16.5. The number of rotatable bonds is 10. The average molecular weight is 512 g/mol. The molecule has 2 N–H and O–H groups in total. The summed E-state index contributed by atoms with van der Waals surface area (Å²) >= 11 is 0. The number of carbonyl (C=O) groups is 1. The number of hydrogen-bond acceptors (Lipinski definition) is 8. The van der Waals surface area contributed by atoms with E-state index in [4.69, 9.17) is 19.9 Å². The summed E-state index contributed by atoms with van der Waals surface area (Å²) in [6.07, 6.45) is 3.19. The van der Waals surface area contributed by atoms with Crippen LogP contribution in [0.4, 0.5) is 11.6 Å². The van der Waals surface area contributed by atoms with Crippen molar-refractivity contribution in [2.45, 2.75) is 58.9 Å². The Labute approximate surface area is 218 Å². The molecule has 0 radical (unpaired) electrons. The van der Waals surface area contributed by atoms with Crippen LogP contribution in [0.15, 0.2) is 24.3 Å². The summed E-state index contributed by atoms with van der Waals surface area (Å²) in [7, 11) is 1.68. The quantitative estimate of drug-likeness (QED) is 0.251. The maximum Gasteiger partial charge on any atom is 0.355 e. The molecule has 1 aliphatic heterocycles. The summed E-state index contributed by atoms with van der Waals surface area (Å²) in [5, 5.41) is 8.85. The van der Waals surface area contributed by atoms with Crippen LogP contribution in [0.2, 0.25) is 0 Å². The van der Waals surface area contributed by atoms with E-state index in [0.29, 0.717) is 36.9 Å². The zero-order valence-corrected chi connectivity index (χ0v) is 22.6. The summed E-state index contributed by atoms with van der Waals surface area (Å²) in [5.41, 5.74) is 9.03. The number of fused-ring (bicyclic) bond motifs is 1. The van der Waals surface area contributed by atoms with E-state index in [0.717, 1.165) is 49.4 Å². The maximum absolute atomic E-state index is 13.6. The van der Waals surface area contributed by atoms with E-state index >= 15 is 0 Å². The van der Waals surface area contributed by atoms with Gasteiger partial charge < -0.3 is 24.8 Å². The number of ether oxygens (including phenoxy) is 3. The Morgan fingerprint density at radius 1 is 1.19 bits per heavy atom. The lowest BCUT2D eigenvalue weighted by molar-refractivity contribution is -0.714. The summed E-state index contributed by atoms with van der Waals surface area (Å²) in [5.74, 6) is 1.39. The van der Waals surface area contributed by atoms with Gasteiger partial charge >= 0.3 is 11.6 Å². The number of morpholine rings is 1. The monoisotopic (exact) mass is 511 g/mol. The van der Waals surface area contributed by atoms with Crippen molar-refractivity contribution in [2.75, 3.05) is 50.7 Å². The fourth-order valence-electron chi connectivity index (χ4n) is 4.52. The Kier molecular flexibility index (Phi) is 8.16. The van der Waals surface area contributed by atoms with Gasteiger partial charge in [0.05, 0.1) is 32.6 Å². The molecule has 0 saturated carbocycles. The van der Waals surface area contributed by atoms with Crippen molar-refractivity contribution >= 4 is 23.1 Å². The van der Waals surface area contributed by atoms with Crippen molar-refractivity contribution in [2.24, 2.45) is 0 Å². The first kappa shape index (κ1) is 26.7. The van der Waals surface area contributed by atoms with Crippen molar-refractivity contribution in [3.63, 3.8) is 0 Å². The summed E-state index contributed by atoms with van der Waals surface area (Å²) in [6, 6.07) is 7.47. The normalized spacial score (nSPS) is 14.2. The van der Waals surface area contributed by atoms with E-state index in [2.05, 4.69) is 42.8 Å². The van der Waals surface area contributed by atoms with Gasteiger partial charge in [0.1, 0.15) is 5.75 Å². The molecule has 1 saturated heterocycles. The van der Waals surface area contributed by atoms with Crippen molar-refractivity contribution in [3.8, 4) is 11.6 Å². The second-order valence-electron chi connectivity index (χ2n) is 10.4. The van der Waals surface area contributed by atoms with Crippen LogP contribution in [0, 0.1) is 0 Å². The molecular weight excluding hydrogens is 472 g/mol. The first-order chi connectivity index (χ1) is 17.7. The van der Waals surface area contributed by atoms with Crippen molar-refractivity contribution in [3.05, 3.63) is 35.4 Å². The van der Waals surface area contributed by atoms with E-state index in [9.17, 15) is 4.79 Å². The van der Waals surface area contributed by atoms with Gasteiger partial charge in [0.2, 0.25) is 5.78 Å². The number of aromatic nitrogens is 4. The molecule has 37 heavy (non-hydrogen) atoms. The number of nitrogens with zero attached hydrogens (tertiary/aromatic N) is 5. The number of carbonyl (C=O) groups excluding carboxylic acids is 1. The molecule has 3 aromatic rings. The van der Waals surface area contributed by atoms with Gasteiger partial charge in [-0.25, -0.2) is 0 Å². The van der Waals surface area contributed by atoms with Crippen molar-refractivity contribution < 1.29 is 23.7 Å². The summed E-state index contributed by atoms with van der Waals surface area (Å²) in [4.78, 5) is 15.8. The van der Waals surface area contributed by atoms with Crippen LogP contribution < -0.4 is 24.8 Å². The molecule has 2 aromatic heterocycles. The number of benzene rings is 1. The molecule has 1 aromatic carbocycles. The molecule has 0 aliphatic carbocycles. The summed E-state index contributed by atoms with van der Waals surface area (Å²) < 4.78 is 20.3. The number of anilines is 2. The zero-order valence-electron chi connectivity index (χ0n) is 22.6. The number of ketones is 1. The molecule has 200 valence electrons. The number of Topliss-reactive ketones (excluding diaryl/α,β-unsaturated/α-hetero) is 1. The zero-order chi connectivity index (χ0) is 26.6. The number of nitrogen functional groups attached to an aromatic ring is 1. The van der Waals surface area contributed by atoms with Crippen LogP contribution >= 0.6 is 0 Å². The minimum atomic E-state index is -0.223. The Balaban J connectivity index is 1.64. The molecule has 4 rings (SSSR count). The third kappa shape index (κ3) is 5.95. The SMILES string of the molecule is CCCCCOc1ccc2n(n1)c(N)n[n+]2CC(=O)c1cc(N2CCOCC2)c(OC)c(C(C)(C)C)c1. The largest absolute Gasteiger partial charge is 0.494 e. The Morgan fingerprint density at radius 3 is 2.62 bits per heavy atom. The van der Waals surface area contributed by atoms with E-state index in [1.165, 1.54) is 4.52 Å². The minimum absolute atomic E-state index is 0.0253. The first-order valence-electron chi connectivity index (χ1n) is 13.0. The van der Waals surface area contributed by atoms with Crippen LogP contribution in [-0.2, 0) is 16.7 Å². The minimum Gasteiger partial charge on any atom is -0.494 e. The molecule has 3 heterocycles. The molecule has 0 unspecified atom stereocenters. The molecule has 1 fully saturated rings. The van der Waals surface area contributed by atoms with E-state index in [1.54, 1.807) is 17.9 Å². The Bertz CT molecular complexity index is 1240. The lowest BCUT2D eigenvalue weighted by atomic mass is 9.84. The van der Waals surface area contributed by atoms with Crippen LogP contribution in [0.5, 0.6) is 11.6 Å². The molecule has 10 nitrogen and oxygen atoms in total. The number of unbranched alkanes of at least 4 members (excludes halogenated alkanes) is 2. The van der Waals surface area contributed by atoms with Gasteiger partial charge in [-0.1, -0.05) is 45.1 Å². The van der Waals surface area contributed by atoms with Crippen LogP contribution in [-0.4, -0.2) is 60.5 Å². The Hall–Kier alpha value is -3.40. The van der Waals surface area contributed by atoms with Crippen molar-refractivity contribution in [1.82, 2.24) is 14.7 Å². The molecule has 0 atom stereocenters. The third-order valence-electron chi connectivity index (χ3n) is 6.54. The van der Waals surface area contributed by atoms with Crippen LogP contribution in [0.1, 0.15) is 62.9 Å². The summed E-state index contributed by atoms with van der Waals surface area (Å²) in [6.45, 7) is 11.9. The first-order valence-corrected chi connectivity index (χ1v) is 13.0. The topological polar surface area (TPSA) is 108 Å². The van der Waals surface area contributed by atoms with Gasteiger partial charge in [-0.15, -0.1) is 4.68 Å². The predicted molar refractivity (Wildman–Crippen MR) is 142 cm³/mol. The number of nitrogens with two attached hydrogens (primary N) is 1. The average Bonchev–Trinajstić information content (AvgIpc) is 3.20. The highest BCUT2D eigenvalue weighted by Gasteiger charge is 2.29. The van der Waals surface area contributed by atoms with Crippen molar-refractivity contribution in [1.29, 1.82) is 0 Å². The van der Waals surface area contributed by atoms with Gasteiger partial charge in [-0.2, -0.15) is 0 Å². The Morgan fingerprint density at radius 2 is 1.95 bits per heavy atom. The highest BCUT2D eigenvalue weighted by molar-refractivity contribution is 5.97. The third-order valence-corrected chi connectivity index (χ3v) is 6.54.